The van der Waals surface area contributed by atoms with Crippen molar-refractivity contribution in [2.45, 2.75) is 11.3 Å². The van der Waals surface area contributed by atoms with Gasteiger partial charge in [0.05, 0.1) is 11.5 Å². The number of aromatic nitrogens is 4. The maximum atomic E-state index is 12.2. The monoisotopic (exact) mass is 376 g/mol. The standard InChI is InChI=1S/C16H20N6O3S/c1-25-12-11-17-14-7-8-15-19-20-16(22(15)21-14)9-10-18-26(23,24)13-5-3-2-4-6-13/h2-8,18H,9-12H2,1H3,(H,17,21). The number of nitrogens with one attached hydrogen (secondary N) is 2. The SMILES string of the molecule is COCCNc1ccc2nnc(CCNS(=O)(=O)c3ccccc3)n2n1. The molecule has 2 aromatic heterocycles. The Morgan fingerprint density at radius 3 is 2.65 bits per heavy atom. The molecular formula is C16H20N6O3S. The van der Waals surface area contributed by atoms with E-state index in [-0.39, 0.29) is 11.4 Å². The van der Waals surface area contributed by atoms with Crippen LogP contribution in [-0.2, 0) is 21.2 Å². The van der Waals surface area contributed by atoms with Crippen LogP contribution in [0, 0.1) is 0 Å². The van der Waals surface area contributed by atoms with Crippen molar-refractivity contribution in [1.29, 1.82) is 0 Å². The zero-order valence-electron chi connectivity index (χ0n) is 14.3. The molecule has 0 unspecified atom stereocenters. The molecule has 0 saturated carbocycles. The summed E-state index contributed by atoms with van der Waals surface area (Å²) in [5, 5.41) is 15.7. The molecule has 0 amide bonds. The van der Waals surface area contributed by atoms with Gasteiger partial charge in [0, 0.05) is 26.6 Å². The third-order valence-electron chi connectivity index (χ3n) is 3.63. The molecule has 3 rings (SSSR count). The van der Waals surface area contributed by atoms with E-state index in [2.05, 4.69) is 25.3 Å². The fraction of sp³-hybridized carbons (Fsp3) is 0.312. The molecule has 9 nitrogen and oxygen atoms in total. The maximum Gasteiger partial charge on any atom is 0.240 e. The Balaban J connectivity index is 1.66. The lowest BCUT2D eigenvalue weighted by Crippen LogP contribution is -2.26. The average molecular weight is 376 g/mol. The van der Waals surface area contributed by atoms with E-state index in [1.807, 2.05) is 6.07 Å². The number of benzene rings is 1. The lowest BCUT2D eigenvalue weighted by molar-refractivity contribution is 0.210. The summed E-state index contributed by atoms with van der Waals surface area (Å²) in [6.07, 6.45) is 0.363. The second-order valence-electron chi connectivity index (χ2n) is 5.49. The summed E-state index contributed by atoms with van der Waals surface area (Å²) in [5.41, 5.74) is 0.600. The van der Waals surface area contributed by atoms with Gasteiger partial charge in [-0.3, -0.25) is 0 Å². The van der Waals surface area contributed by atoms with E-state index >= 15 is 0 Å². The van der Waals surface area contributed by atoms with Crippen LogP contribution in [0.2, 0.25) is 0 Å². The summed E-state index contributed by atoms with van der Waals surface area (Å²) >= 11 is 0. The fourth-order valence-corrected chi connectivity index (χ4v) is 3.40. The van der Waals surface area contributed by atoms with Crippen molar-refractivity contribution in [1.82, 2.24) is 24.5 Å². The maximum absolute atomic E-state index is 12.2. The summed E-state index contributed by atoms with van der Waals surface area (Å²) in [6, 6.07) is 11.8. The third-order valence-corrected chi connectivity index (χ3v) is 5.11. The minimum absolute atomic E-state index is 0.195. The summed E-state index contributed by atoms with van der Waals surface area (Å²) in [6.45, 7) is 1.39. The largest absolute Gasteiger partial charge is 0.383 e. The minimum Gasteiger partial charge on any atom is -0.383 e. The summed E-state index contributed by atoms with van der Waals surface area (Å²) in [5.74, 6) is 1.24. The van der Waals surface area contributed by atoms with Crippen LogP contribution in [0.25, 0.3) is 5.65 Å². The topological polar surface area (TPSA) is 111 Å². The van der Waals surface area contributed by atoms with Gasteiger partial charge in [-0.2, -0.15) is 4.52 Å². The highest BCUT2D eigenvalue weighted by Gasteiger charge is 2.14. The molecular weight excluding hydrogens is 356 g/mol. The number of nitrogens with zero attached hydrogens (tertiary/aromatic N) is 4. The minimum atomic E-state index is -3.54. The smallest absolute Gasteiger partial charge is 0.240 e. The van der Waals surface area contributed by atoms with Crippen LogP contribution in [0.5, 0.6) is 0 Å². The van der Waals surface area contributed by atoms with Gasteiger partial charge in [0.25, 0.3) is 0 Å². The number of anilines is 1. The highest BCUT2D eigenvalue weighted by Crippen LogP contribution is 2.09. The number of methoxy groups -OCH3 is 1. The van der Waals surface area contributed by atoms with Gasteiger partial charge in [-0.05, 0) is 24.3 Å². The van der Waals surface area contributed by atoms with Crippen LogP contribution < -0.4 is 10.0 Å². The number of rotatable bonds is 9. The Morgan fingerprint density at radius 1 is 1.08 bits per heavy atom. The predicted molar refractivity (Wildman–Crippen MR) is 96.5 cm³/mol. The third kappa shape index (κ3) is 4.34. The van der Waals surface area contributed by atoms with Crippen LogP contribution in [0.1, 0.15) is 5.82 Å². The molecule has 0 spiro atoms. The second kappa shape index (κ2) is 8.21. The Bertz CT molecular complexity index is 959. The van der Waals surface area contributed by atoms with Crippen molar-refractivity contribution in [3.63, 3.8) is 0 Å². The lowest BCUT2D eigenvalue weighted by atomic mass is 10.4. The summed E-state index contributed by atoms with van der Waals surface area (Å²) in [7, 11) is -1.91. The van der Waals surface area contributed by atoms with Gasteiger partial charge in [-0.15, -0.1) is 15.3 Å². The molecule has 2 N–H and O–H groups in total. The first-order valence-corrected chi connectivity index (χ1v) is 9.57. The Morgan fingerprint density at radius 2 is 1.88 bits per heavy atom. The zero-order chi connectivity index (χ0) is 18.4. The Hall–Kier alpha value is -2.56. The number of hydrogen-bond acceptors (Lipinski definition) is 7. The first-order valence-electron chi connectivity index (χ1n) is 8.09. The van der Waals surface area contributed by atoms with Crippen LogP contribution in [0.3, 0.4) is 0 Å². The molecule has 0 bridgehead atoms. The molecule has 1 aromatic carbocycles. The van der Waals surface area contributed by atoms with Gasteiger partial charge in [0.15, 0.2) is 11.5 Å². The van der Waals surface area contributed by atoms with Crippen molar-refractivity contribution < 1.29 is 13.2 Å². The van der Waals surface area contributed by atoms with Crippen molar-refractivity contribution in [3.8, 4) is 0 Å². The van der Waals surface area contributed by atoms with Crippen LogP contribution >= 0.6 is 0 Å². The first-order chi connectivity index (χ1) is 12.6. The van der Waals surface area contributed by atoms with Crippen LogP contribution in [-0.4, -0.2) is 55.0 Å². The van der Waals surface area contributed by atoms with Gasteiger partial charge in [-0.25, -0.2) is 13.1 Å². The molecule has 0 fully saturated rings. The van der Waals surface area contributed by atoms with Crippen molar-refractivity contribution in [2.24, 2.45) is 0 Å². The summed E-state index contributed by atoms with van der Waals surface area (Å²) in [4.78, 5) is 0.230. The molecule has 0 atom stereocenters. The quantitative estimate of drug-likeness (QED) is 0.529. The molecule has 3 aromatic rings. The highest BCUT2D eigenvalue weighted by molar-refractivity contribution is 7.89. The predicted octanol–water partition coefficient (Wildman–Crippen LogP) is 0.704. The van der Waals surface area contributed by atoms with Gasteiger partial charge in [0.2, 0.25) is 10.0 Å². The molecule has 2 heterocycles. The van der Waals surface area contributed by atoms with E-state index in [1.165, 1.54) is 0 Å². The number of sulfonamides is 1. The van der Waals surface area contributed by atoms with E-state index in [9.17, 15) is 8.42 Å². The fourth-order valence-electron chi connectivity index (χ4n) is 2.34. The van der Waals surface area contributed by atoms with E-state index < -0.39 is 10.0 Å². The normalized spacial score (nSPS) is 11.7. The molecule has 0 saturated heterocycles. The average Bonchev–Trinajstić information content (AvgIpc) is 3.05. The highest BCUT2D eigenvalue weighted by atomic mass is 32.2. The van der Waals surface area contributed by atoms with Gasteiger partial charge in [-0.1, -0.05) is 18.2 Å². The van der Waals surface area contributed by atoms with E-state index in [1.54, 1.807) is 48.0 Å². The molecule has 138 valence electrons. The molecule has 0 radical (unpaired) electrons. The molecule has 0 aliphatic carbocycles. The van der Waals surface area contributed by atoms with Crippen molar-refractivity contribution in [2.75, 3.05) is 32.1 Å². The Kier molecular flexibility index (Phi) is 5.76. The van der Waals surface area contributed by atoms with Crippen LogP contribution in [0.15, 0.2) is 47.4 Å². The van der Waals surface area contributed by atoms with E-state index in [0.29, 0.717) is 36.9 Å². The van der Waals surface area contributed by atoms with Crippen LogP contribution in [0.4, 0.5) is 5.82 Å². The van der Waals surface area contributed by atoms with Gasteiger partial charge >= 0.3 is 0 Å². The van der Waals surface area contributed by atoms with Crippen molar-refractivity contribution in [3.05, 3.63) is 48.3 Å². The first kappa shape index (κ1) is 18.2. The lowest BCUT2D eigenvalue weighted by Gasteiger charge is -2.07. The summed E-state index contributed by atoms with van der Waals surface area (Å²) < 4.78 is 33.6. The van der Waals surface area contributed by atoms with E-state index in [4.69, 9.17) is 4.74 Å². The van der Waals surface area contributed by atoms with Crippen molar-refractivity contribution >= 4 is 21.5 Å². The second-order valence-corrected chi connectivity index (χ2v) is 7.25. The van der Waals surface area contributed by atoms with Gasteiger partial charge in [0.1, 0.15) is 5.82 Å². The van der Waals surface area contributed by atoms with Gasteiger partial charge < -0.3 is 10.1 Å². The number of ether oxygens (including phenoxy) is 1. The number of hydrogen-bond donors (Lipinski definition) is 2. The molecule has 10 heteroatoms. The molecule has 0 aliphatic rings. The van der Waals surface area contributed by atoms with E-state index in [0.717, 1.165) is 0 Å². The zero-order valence-corrected chi connectivity index (χ0v) is 15.1. The number of fused-ring (bicyclic) bond motifs is 1. The Labute approximate surface area is 151 Å². The molecule has 0 aliphatic heterocycles. The molecule has 26 heavy (non-hydrogen) atoms.